The summed E-state index contributed by atoms with van der Waals surface area (Å²) in [5.74, 6) is 0.0242. The smallest absolute Gasteiger partial charge is 0.281 e. The number of sulfonamides is 1. The van der Waals surface area contributed by atoms with Crippen LogP contribution in [0.2, 0.25) is 0 Å². The van der Waals surface area contributed by atoms with Gasteiger partial charge in [0.25, 0.3) is 15.9 Å². The summed E-state index contributed by atoms with van der Waals surface area (Å²) < 4.78 is 47.6. The van der Waals surface area contributed by atoms with Gasteiger partial charge in [0.2, 0.25) is 0 Å². The Bertz CT molecular complexity index is 1390. The number of hydrogen-bond acceptors (Lipinski definition) is 7. The van der Waals surface area contributed by atoms with E-state index >= 15 is 0 Å². The molecular formula is C26H32FN5O4S. The number of aromatic nitrogens is 3. The molecule has 0 saturated carbocycles. The molecule has 0 spiro atoms. The molecule has 1 amide bonds. The van der Waals surface area contributed by atoms with Crippen LogP contribution in [0.1, 0.15) is 51.4 Å². The molecule has 3 aromatic rings. The van der Waals surface area contributed by atoms with Crippen LogP contribution in [0.5, 0.6) is 5.75 Å². The van der Waals surface area contributed by atoms with Crippen LogP contribution in [0.25, 0.3) is 11.3 Å². The highest BCUT2D eigenvalue weighted by atomic mass is 32.2. The van der Waals surface area contributed by atoms with Gasteiger partial charge < -0.3 is 9.64 Å². The molecule has 0 radical (unpaired) electrons. The number of anilines is 1. The first-order valence-electron chi connectivity index (χ1n) is 12.1. The fraction of sp³-hybridized carbons (Fsp3) is 0.423. The van der Waals surface area contributed by atoms with Gasteiger partial charge in [-0.25, -0.2) is 14.1 Å². The number of pyridine rings is 1. The highest BCUT2D eigenvalue weighted by Gasteiger charge is 2.39. The van der Waals surface area contributed by atoms with Crippen molar-refractivity contribution >= 4 is 21.7 Å². The largest absolute Gasteiger partial charge is 0.493 e. The predicted molar refractivity (Wildman–Crippen MR) is 138 cm³/mol. The zero-order chi connectivity index (χ0) is 27.0. The van der Waals surface area contributed by atoms with Gasteiger partial charge in [-0.1, -0.05) is 20.8 Å². The summed E-state index contributed by atoms with van der Waals surface area (Å²) in [5, 5.41) is 5.77. The van der Waals surface area contributed by atoms with Gasteiger partial charge in [0, 0.05) is 23.7 Å². The number of nitrogens with zero attached hydrogens (tertiary/aromatic N) is 3. The zero-order valence-corrected chi connectivity index (χ0v) is 22.4. The average Bonchev–Trinajstić information content (AvgIpc) is 3.44. The van der Waals surface area contributed by atoms with E-state index in [1.54, 1.807) is 12.1 Å². The van der Waals surface area contributed by atoms with Crippen LogP contribution >= 0.6 is 0 Å². The van der Waals surface area contributed by atoms with Crippen molar-refractivity contribution < 1.29 is 22.3 Å². The summed E-state index contributed by atoms with van der Waals surface area (Å²) >= 11 is 0. The molecule has 0 aliphatic carbocycles. The molecule has 1 aromatic carbocycles. The standard InChI is InChI=1S/C26H32FN5O4S/c1-16(2)15-36-20-11-18(10-19(27)12-20)22-7-6-21(24(29-22)32-14-17(3)13-26(32,4)5)25(33)31-37(34,35)23-8-9-28-30-23/h6-12,16-17H,13-15H2,1-5H3,(H,28,30)(H,31,33). The van der Waals surface area contributed by atoms with Crippen molar-refractivity contribution in [2.75, 3.05) is 18.1 Å². The van der Waals surface area contributed by atoms with Crippen LogP contribution in [0.3, 0.4) is 0 Å². The Morgan fingerprint density at radius 3 is 2.65 bits per heavy atom. The van der Waals surface area contributed by atoms with E-state index in [0.717, 1.165) is 6.42 Å². The average molecular weight is 530 g/mol. The van der Waals surface area contributed by atoms with E-state index in [-0.39, 0.29) is 22.0 Å². The minimum Gasteiger partial charge on any atom is -0.493 e. The molecule has 1 aliphatic heterocycles. The lowest BCUT2D eigenvalue weighted by Crippen LogP contribution is -2.41. The van der Waals surface area contributed by atoms with Gasteiger partial charge in [0.1, 0.15) is 17.4 Å². The summed E-state index contributed by atoms with van der Waals surface area (Å²) in [6.07, 6.45) is 2.15. The van der Waals surface area contributed by atoms with Gasteiger partial charge in [0.05, 0.1) is 24.1 Å². The molecule has 1 aliphatic rings. The van der Waals surface area contributed by atoms with Gasteiger partial charge in [-0.3, -0.25) is 9.89 Å². The number of benzene rings is 1. The summed E-state index contributed by atoms with van der Waals surface area (Å²) in [7, 11) is -4.16. The van der Waals surface area contributed by atoms with Crippen molar-refractivity contribution in [3.8, 4) is 17.0 Å². The van der Waals surface area contributed by atoms with E-state index in [2.05, 4.69) is 21.8 Å². The molecule has 1 fully saturated rings. The Morgan fingerprint density at radius 2 is 2.03 bits per heavy atom. The van der Waals surface area contributed by atoms with Crippen molar-refractivity contribution in [1.29, 1.82) is 0 Å². The fourth-order valence-corrected chi connectivity index (χ4v) is 5.51. The molecule has 2 aromatic heterocycles. The highest BCUT2D eigenvalue weighted by Crippen LogP contribution is 2.38. The maximum absolute atomic E-state index is 14.5. The Hall–Kier alpha value is -3.47. The predicted octanol–water partition coefficient (Wildman–Crippen LogP) is 4.39. The molecular weight excluding hydrogens is 497 g/mol. The maximum atomic E-state index is 14.5. The molecule has 37 heavy (non-hydrogen) atoms. The highest BCUT2D eigenvalue weighted by molar-refractivity contribution is 7.90. The number of H-pyrrole nitrogens is 1. The number of rotatable bonds is 8. The minimum atomic E-state index is -4.16. The topological polar surface area (TPSA) is 117 Å². The number of carbonyl (C=O) groups excluding carboxylic acids is 1. The van der Waals surface area contributed by atoms with Crippen LogP contribution in [0.15, 0.2) is 47.6 Å². The SMILES string of the molecule is CC(C)COc1cc(F)cc(-c2ccc(C(=O)NS(=O)(=O)c3ccn[nH]3)c(N3CC(C)CC3(C)C)n2)c1. The first-order valence-corrected chi connectivity index (χ1v) is 13.6. The van der Waals surface area contributed by atoms with Crippen molar-refractivity contribution in [3.63, 3.8) is 0 Å². The molecule has 1 unspecified atom stereocenters. The minimum absolute atomic E-state index is 0.0988. The number of halogens is 1. The molecule has 3 heterocycles. The summed E-state index contributed by atoms with van der Waals surface area (Å²) in [4.78, 5) is 20.0. The lowest BCUT2D eigenvalue weighted by Gasteiger charge is -2.34. The fourth-order valence-electron chi connectivity index (χ4n) is 4.63. The molecule has 4 rings (SSSR count). The van der Waals surface area contributed by atoms with Gasteiger partial charge in [-0.15, -0.1) is 0 Å². The number of aromatic amines is 1. The third kappa shape index (κ3) is 5.93. The van der Waals surface area contributed by atoms with Crippen LogP contribution in [-0.2, 0) is 10.0 Å². The van der Waals surface area contributed by atoms with Crippen LogP contribution < -0.4 is 14.4 Å². The van der Waals surface area contributed by atoms with Crippen molar-refractivity contribution in [3.05, 3.63) is 54.0 Å². The molecule has 198 valence electrons. The molecule has 9 nitrogen and oxygen atoms in total. The van der Waals surface area contributed by atoms with E-state index in [1.807, 2.05) is 32.6 Å². The first-order chi connectivity index (χ1) is 17.4. The van der Waals surface area contributed by atoms with Gasteiger partial charge >= 0.3 is 0 Å². The second kappa shape index (κ2) is 10.1. The van der Waals surface area contributed by atoms with Gasteiger partial charge in [-0.2, -0.15) is 13.5 Å². The third-order valence-corrected chi connectivity index (χ3v) is 7.45. The number of amides is 1. The maximum Gasteiger partial charge on any atom is 0.281 e. The van der Waals surface area contributed by atoms with Gasteiger partial charge in [-0.05, 0) is 62.4 Å². The van der Waals surface area contributed by atoms with E-state index in [1.165, 1.54) is 30.5 Å². The Kier molecular flexibility index (Phi) is 7.27. The molecule has 0 bridgehead atoms. The molecule has 1 atom stereocenters. The third-order valence-electron chi connectivity index (χ3n) is 6.19. The first kappa shape index (κ1) is 26.6. The lowest BCUT2D eigenvalue weighted by molar-refractivity contribution is 0.0981. The molecule has 11 heteroatoms. The normalized spacial score (nSPS) is 17.3. The van der Waals surface area contributed by atoms with Crippen molar-refractivity contribution in [2.24, 2.45) is 11.8 Å². The summed E-state index contributed by atoms with van der Waals surface area (Å²) in [6.45, 7) is 11.3. The Morgan fingerprint density at radius 1 is 1.27 bits per heavy atom. The zero-order valence-electron chi connectivity index (χ0n) is 21.6. The summed E-state index contributed by atoms with van der Waals surface area (Å²) in [6, 6.07) is 8.74. The van der Waals surface area contributed by atoms with Gasteiger partial charge in [0.15, 0.2) is 5.03 Å². The number of carbonyl (C=O) groups is 1. The quantitative estimate of drug-likeness (QED) is 0.444. The van der Waals surface area contributed by atoms with E-state index in [9.17, 15) is 17.6 Å². The monoisotopic (exact) mass is 529 g/mol. The second-order valence-electron chi connectivity index (χ2n) is 10.5. The van der Waals surface area contributed by atoms with Crippen molar-refractivity contribution in [1.82, 2.24) is 19.9 Å². The van der Waals surface area contributed by atoms with Crippen LogP contribution in [0.4, 0.5) is 10.2 Å². The lowest BCUT2D eigenvalue weighted by atomic mass is 9.97. The van der Waals surface area contributed by atoms with Crippen LogP contribution in [-0.4, -0.2) is 48.2 Å². The number of hydrogen-bond donors (Lipinski definition) is 2. The second-order valence-corrected chi connectivity index (χ2v) is 12.2. The molecule has 1 saturated heterocycles. The van der Waals surface area contributed by atoms with Crippen LogP contribution in [0, 0.1) is 17.7 Å². The number of ether oxygens (including phenoxy) is 1. The van der Waals surface area contributed by atoms with E-state index in [4.69, 9.17) is 9.72 Å². The van der Waals surface area contributed by atoms with E-state index in [0.29, 0.717) is 41.9 Å². The van der Waals surface area contributed by atoms with E-state index < -0.39 is 21.7 Å². The van der Waals surface area contributed by atoms with Crippen molar-refractivity contribution in [2.45, 2.75) is 51.6 Å². The molecule has 2 N–H and O–H groups in total. The number of nitrogens with one attached hydrogen (secondary N) is 2. The Labute approximate surface area is 216 Å². The Balaban J connectivity index is 1.76. The summed E-state index contributed by atoms with van der Waals surface area (Å²) in [5.41, 5.74) is 0.687.